The largest absolute Gasteiger partial charge is 0.481 e. The Bertz CT molecular complexity index is 407. The number of hydrogen-bond acceptors (Lipinski definition) is 4. The second kappa shape index (κ2) is 2.53. The minimum absolute atomic E-state index is 0.247. The van der Waals surface area contributed by atoms with Crippen molar-refractivity contribution in [2.24, 2.45) is 0 Å². The second-order valence-corrected chi connectivity index (χ2v) is 3.28. The molecule has 0 unspecified atom stereocenters. The molecular formula is C7H7N3O4. The molecule has 1 aliphatic carbocycles. The van der Waals surface area contributed by atoms with Crippen molar-refractivity contribution in [2.45, 2.75) is 18.3 Å². The molecule has 0 amide bonds. The molecule has 0 saturated heterocycles. The molecule has 1 fully saturated rings. The van der Waals surface area contributed by atoms with Gasteiger partial charge in [0.2, 0.25) is 0 Å². The highest BCUT2D eigenvalue weighted by Crippen LogP contribution is 2.48. The molecule has 0 aromatic carbocycles. The van der Waals surface area contributed by atoms with E-state index in [0.717, 1.165) is 0 Å². The maximum atomic E-state index is 10.8. The van der Waals surface area contributed by atoms with Gasteiger partial charge in [-0.3, -0.25) is 4.79 Å². The summed E-state index contributed by atoms with van der Waals surface area (Å²) in [5, 5.41) is 25.0. The average molecular weight is 197 g/mol. The van der Waals surface area contributed by atoms with Gasteiger partial charge in [-0.25, -0.2) is 0 Å². The lowest BCUT2D eigenvalue weighted by Crippen LogP contribution is -2.19. The summed E-state index contributed by atoms with van der Waals surface area (Å²) in [7, 11) is 0. The summed E-state index contributed by atoms with van der Waals surface area (Å²) in [4.78, 5) is 20.5. The zero-order chi connectivity index (χ0) is 10.3. The van der Waals surface area contributed by atoms with Crippen molar-refractivity contribution in [3.05, 3.63) is 21.9 Å². The number of nitrogens with zero attached hydrogens (tertiary/aromatic N) is 2. The highest BCUT2D eigenvalue weighted by Gasteiger charge is 2.54. The first kappa shape index (κ1) is 8.67. The fourth-order valence-electron chi connectivity index (χ4n) is 1.35. The molecule has 1 aromatic rings. The van der Waals surface area contributed by atoms with Crippen LogP contribution in [0, 0.1) is 10.1 Å². The van der Waals surface area contributed by atoms with Crippen LogP contribution >= 0.6 is 0 Å². The molecule has 14 heavy (non-hydrogen) atoms. The van der Waals surface area contributed by atoms with Crippen LogP contribution in [-0.4, -0.2) is 26.2 Å². The Labute approximate surface area is 77.9 Å². The van der Waals surface area contributed by atoms with Crippen molar-refractivity contribution < 1.29 is 14.8 Å². The molecule has 0 atom stereocenters. The molecule has 1 heterocycles. The predicted molar refractivity (Wildman–Crippen MR) is 43.8 cm³/mol. The lowest BCUT2D eigenvalue weighted by molar-refractivity contribution is -0.389. The topological polar surface area (TPSA) is 109 Å². The highest BCUT2D eigenvalue weighted by molar-refractivity contribution is 5.84. The van der Waals surface area contributed by atoms with E-state index in [-0.39, 0.29) is 11.5 Å². The number of aliphatic carboxylic acids is 1. The van der Waals surface area contributed by atoms with Gasteiger partial charge in [-0.05, 0) is 17.8 Å². The fourth-order valence-corrected chi connectivity index (χ4v) is 1.35. The molecule has 7 heteroatoms. The van der Waals surface area contributed by atoms with Crippen molar-refractivity contribution in [3.63, 3.8) is 0 Å². The van der Waals surface area contributed by atoms with E-state index in [0.29, 0.717) is 12.8 Å². The summed E-state index contributed by atoms with van der Waals surface area (Å²) >= 11 is 0. The molecule has 0 spiro atoms. The number of carbonyl (C=O) groups is 1. The van der Waals surface area contributed by atoms with E-state index in [9.17, 15) is 14.9 Å². The van der Waals surface area contributed by atoms with E-state index >= 15 is 0 Å². The first-order valence-corrected chi connectivity index (χ1v) is 4.00. The van der Waals surface area contributed by atoms with Crippen LogP contribution in [0.3, 0.4) is 0 Å². The zero-order valence-corrected chi connectivity index (χ0v) is 7.06. The quantitative estimate of drug-likeness (QED) is 0.539. The molecule has 0 bridgehead atoms. The average Bonchev–Trinajstić information content (AvgIpc) is 2.77. The lowest BCUT2D eigenvalue weighted by Gasteiger charge is -2.01. The van der Waals surface area contributed by atoms with Crippen LogP contribution < -0.4 is 0 Å². The number of carboxylic acid groups (broad SMARTS) is 1. The van der Waals surface area contributed by atoms with Gasteiger partial charge in [0.1, 0.15) is 11.1 Å². The number of hydrogen-bond donors (Lipinski definition) is 2. The van der Waals surface area contributed by atoms with E-state index in [1.165, 1.54) is 6.07 Å². The Morgan fingerprint density at radius 3 is 2.71 bits per heavy atom. The van der Waals surface area contributed by atoms with Gasteiger partial charge in [-0.15, -0.1) is 5.10 Å². The molecule has 2 rings (SSSR count). The van der Waals surface area contributed by atoms with Gasteiger partial charge in [-0.1, -0.05) is 5.10 Å². The van der Waals surface area contributed by atoms with E-state index < -0.39 is 16.3 Å². The lowest BCUT2D eigenvalue weighted by atomic mass is 10.0. The van der Waals surface area contributed by atoms with Gasteiger partial charge < -0.3 is 15.2 Å². The van der Waals surface area contributed by atoms with Crippen LogP contribution in [0.4, 0.5) is 5.82 Å². The van der Waals surface area contributed by atoms with E-state index in [1.54, 1.807) is 0 Å². The van der Waals surface area contributed by atoms with E-state index in [2.05, 4.69) is 10.2 Å². The first-order chi connectivity index (χ1) is 6.56. The predicted octanol–water partition coefficient (Wildman–Crippen LogP) is 0.434. The third-order valence-corrected chi connectivity index (χ3v) is 2.41. The monoisotopic (exact) mass is 197 g/mol. The van der Waals surface area contributed by atoms with Crippen LogP contribution in [0.15, 0.2) is 6.07 Å². The second-order valence-electron chi connectivity index (χ2n) is 3.28. The summed E-state index contributed by atoms with van der Waals surface area (Å²) < 4.78 is 0. The summed E-state index contributed by atoms with van der Waals surface area (Å²) in [6, 6.07) is 1.18. The maximum absolute atomic E-state index is 10.8. The number of nitrogens with one attached hydrogen (secondary N) is 1. The number of H-pyrrole nitrogens is 1. The maximum Gasteiger partial charge on any atom is 0.342 e. The number of rotatable bonds is 3. The Morgan fingerprint density at radius 2 is 2.36 bits per heavy atom. The molecule has 0 aliphatic heterocycles. The molecule has 0 radical (unpaired) electrons. The summed E-state index contributed by atoms with van der Waals surface area (Å²) in [5.41, 5.74) is -0.734. The van der Waals surface area contributed by atoms with Crippen LogP contribution in [0.1, 0.15) is 18.5 Å². The molecular weight excluding hydrogens is 190 g/mol. The minimum atomic E-state index is -0.981. The molecule has 1 aromatic heterocycles. The smallest absolute Gasteiger partial charge is 0.342 e. The van der Waals surface area contributed by atoms with Crippen LogP contribution in [0.2, 0.25) is 0 Å². The SMILES string of the molecule is O=C(O)C1(c2cc([N+](=O)[O-])[nH]n2)CC1. The van der Waals surface area contributed by atoms with Gasteiger partial charge in [0.15, 0.2) is 0 Å². The minimum Gasteiger partial charge on any atom is -0.481 e. The van der Waals surface area contributed by atoms with Crippen molar-refractivity contribution in [1.82, 2.24) is 10.2 Å². The normalized spacial score (nSPS) is 17.7. The van der Waals surface area contributed by atoms with Gasteiger partial charge in [-0.2, -0.15) is 0 Å². The molecule has 2 N–H and O–H groups in total. The van der Waals surface area contributed by atoms with Gasteiger partial charge in [0.05, 0.1) is 6.07 Å². The highest BCUT2D eigenvalue weighted by atomic mass is 16.6. The van der Waals surface area contributed by atoms with Gasteiger partial charge >= 0.3 is 11.8 Å². The summed E-state index contributed by atoms with van der Waals surface area (Å²) in [5.74, 6) is -1.24. The van der Waals surface area contributed by atoms with Gasteiger partial charge in [0, 0.05) is 0 Å². The van der Waals surface area contributed by atoms with Crippen molar-refractivity contribution in [1.29, 1.82) is 0 Å². The number of carboxylic acids is 1. The Balaban J connectivity index is 2.34. The molecule has 74 valence electrons. The molecule has 1 aliphatic rings. The Hall–Kier alpha value is -1.92. The van der Waals surface area contributed by atoms with Crippen LogP contribution in [-0.2, 0) is 10.2 Å². The van der Waals surface area contributed by atoms with Crippen LogP contribution in [0.25, 0.3) is 0 Å². The van der Waals surface area contributed by atoms with Crippen molar-refractivity contribution in [3.8, 4) is 0 Å². The number of nitro groups is 1. The van der Waals surface area contributed by atoms with Gasteiger partial charge in [0.25, 0.3) is 0 Å². The molecule has 1 saturated carbocycles. The van der Waals surface area contributed by atoms with Crippen molar-refractivity contribution >= 4 is 11.8 Å². The van der Waals surface area contributed by atoms with E-state index in [1.807, 2.05) is 0 Å². The summed E-state index contributed by atoms with van der Waals surface area (Å²) in [6.45, 7) is 0. The van der Waals surface area contributed by atoms with Crippen LogP contribution in [0.5, 0.6) is 0 Å². The van der Waals surface area contributed by atoms with E-state index in [4.69, 9.17) is 5.11 Å². The Kier molecular flexibility index (Phi) is 1.57. The first-order valence-electron chi connectivity index (χ1n) is 4.00. The van der Waals surface area contributed by atoms with Crippen molar-refractivity contribution in [2.75, 3.05) is 0 Å². The third kappa shape index (κ3) is 1.05. The fraction of sp³-hybridized carbons (Fsp3) is 0.429. The summed E-state index contributed by atoms with van der Waals surface area (Å²) in [6.07, 6.45) is 0.981. The third-order valence-electron chi connectivity index (χ3n) is 2.41. The zero-order valence-electron chi connectivity index (χ0n) is 7.06. The standard InChI is InChI=1S/C7H7N3O4/c11-6(12)7(1-2-7)4-3-5(9-8-4)10(13)14/h3H,1-2H2,(H,8,9)(H,11,12). The number of aromatic amines is 1. The Morgan fingerprint density at radius 1 is 1.71 bits per heavy atom. The number of aromatic nitrogens is 2. The molecule has 7 nitrogen and oxygen atoms in total.